The number of hydrogen-bond donors (Lipinski definition) is 0. The Kier molecular flexibility index (Phi) is 5.51. The fraction of sp³-hybridized carbons (Fsp3) is 0.188. The van der Waals surface area contributed by atoms with Crippen molar-refractivity contribution in [3.05, 3.63) is 68.7 Å². The van der Waals surface area contributed by atoms with Crippen LogP contribution in [-0.4, -0.2) is 24.4 Å². The summed E-state index contributed by atoms with van der Waals surface area (Å²) in [6.07, 6.45) is 0.780. The van der Waals surface area contributed by atoms with E-state index in [1.807, 2.05) is 30.3 Å². The fourth-order valence-corrected chi connectivity index (χ4v) is 2.56. The van der Waals surface area contributed by atoms with Gasteiger partial charge >= 0.3 is 0 Å². The van der Waals surface area contributed by atoms with E-state index in [0.717, 1.165) is 6.42 Å². The van der Waals surface area contributed by atoms with Gasteiger partial charge in [-0.15, -0.1) is 0 Å². The molecule has 2 aromatic carbocycles. The monoisotopic (exact) mass is 341 g/mol. The van der Waals surface area contributed by atoms with Crippen LogP contribution in [0.1, 0.15) is 15.9 Å². The van der Waals surface area contributed by atoms with Gasteiger partial charge in [0.2, 0.25) is 0 Å². The van der Waals surface area contributed by atoms with Crippen LogP contribution in [0.5, 0.6) is 0 Å². The van der Waals surface area contributed by atoms with Crippen LogP contribution >= 0.6 is 34.8 Å². The molecule has 110 valence electrons. The van der Waals surface area contributed by atoms with Crippen molar-refractivity contribution in [2.75, 3.05) is 13.6 Å². The van der Waals surface area contributed by atoms with Crippen molar-refractivity contribution >= 4 is 40.7 Å². The van der Waals surface area contributed by atoms with E-state index in [1.165, 1.54) is 5.56 Å². The predicted octanol–water partition coefficient (Wildman–Crippen LogP) is 4.96. The number of nitrogens with zero attached hydrogens (tertiary/aromatic N) is 1. The van der Waals surface area contributed by atoms with Crippen molar-refractivity contribution in [3.8, 4) is 0 Å². The average Bonchev–Trinajstić information content (AvgIpc) is 2.51. The molecule has 0 spiro atoms. The highest BCUT2D eigenvalue weighted by Crippen LogP contribution is 2.33. The molecule has 0 unspecified atom stereocenters. The van der Waals surface area contributed by atoms with Gasteiger partial charge in [0.15, 0.2) is 0 Å². The molecule has 0 aliphatic heterocycles. The van der Waals surface area contributed by atoms with Crippen LogP contribution in [0.2, 0.25) is 15.1 Å². The molecule has 0 fully saturated rings. The smallest absolute Gasteiger partial charge is 0.255 e. The second kappa shape index (κ2) is 7.17. The van der Waals surface area contributed by atoms with Gasteiger partial charge in [-0.3, -0.25) is 4.79 Å². The van der Waals surface area contributed by atoms with Crippen LogP contribution in [0.4, 0.5) is 0 Å². The summed E-state index contributed by atoms with van der Waals surface area (Å²) in [4.78, 5) is 14.0. The first-order valence-corrected chi connectivity index (χ1v) is 7.57. The second-order valence-corrected chi connectivity index (χ2v) is 5.85. The summed E-state index contributed by atoms with van der Waals surface area (Å²) in [5.41, 5.74) is 1.54. The number of likely N-dealkylation sites (N-methyl/N-ethyl adjacent to an activating group) is 1. The van der Waals surface area contributed by atoms with Gasteiger partial charge in [-0.05, 0) is 24.1 Å². The van der Waals surface area contributed by atoms with E-state index in [9.17, 15) is 4.79 Å². The van der Waals surface area contributed by atoms with E-state index in [0.29, 0.717) is 17.1 Å². The third-order valence-electron chi connectivity index (χ3n) is 3.19. The number of carbonyl (C=O) groups is 1. The molecular weight excluding hydrogens is 329 g/mol. The first kappa shape index (κ1) is 16.2. The molecule has 0 aromatic heterocycles. The minimum absolute atomic E-state index is 0.172. The van der Waals surface area contributed by atoms with Gasteiger partial charge < -0.3 is 4.90 Å². The average molecular weight is 343 g/mol. The molecule has 0 saturated carbocycles. The molecule has 2 rings (SSSR count). The SMILES string of the molecule is CN(CCc1ccccc1)C(=O)c1ccc(Cl)c(Cl)c1Cl. The first-order chi connectivity index (χ1) is 10.0. The normalized spacial score (nSPS) is 10.5. The Bertz CT molecular complexity index is 643. The number of hydrogen-bond acceptors (Lipinski definition) is 1. The minimum Gasteiger partial charge on any atom is -0.341 e. The molecule has 1 amide bonds. The van der Waals surface area contributed by atoms with Gasteiger partial charge in [0.1, 0.15) is 0 Å². The zero-order valence-corrected chi connectivity index (χ0v) is 13.7. The third-order valence-corrected chi connectivity index (χ3v) is 4.48. The standard InChI is InChI=1S/C16H14Cl3NO/c1-20(10-9-11-5-3-2-4-6-11)16(21)12-7-8-13(17)15(19)14(12)18/h2-8H,9-10H2,1H3. The second-order valence-electron chi connectivity index (χ2n) is 4.69. The lowest BCUT2D eigenvalue weighted by atomic mass is 10.1. The molecule has 0 radical (unpaired) electrons. The van der Waals surface area contributed by atoms with E-state index in [4.69, 9.17) is 34.8 Å². The molecule has 21 heavy (non-hydrogen) atoms. The number of rotatable bonds is 4. The molecule has 0 atom stereocenters. The fourth-order valence-electron chi connectivity index (χ4n) is 1.94. The molecule has 2 nitrogen and oxygen atoms in total. The third kappa shape index (κ3) is 3.91. The number of amides is 1. The van der Waals surface area contributed by atoms with Gasteiger partial charge in [-0.2, -0.15) is 0 Å². The molecule has 0 saturated heterocycles. The van der Waals surface area contributed by atoms with Crippen molar-refractivity contribution in [1.29, 1.82) is 0 Å². The Labute approximate surface area is 139 Å². The zero-order chi connectivity index (χ0) is 15.4. The molecule has 2 aromatic rings. The summed E-state index contributed by atoms with van der Waals surface area (Å²) >= 11 is 17.9. The maximum atomic E-state index is 12.4. The summed E-state index contributed by atoms with van der Waals surface area (Å²) in [6.45, 7) is 0.597. The van der Waals surface area contributed by atoms with E-state index >= 15 is 0 Å². The summed E-state index contributed by atoms with van der Waals surface area (Å²) < 4.78 is 0. The van der Waals surface area contributed by atoms with Crippen LogP contribution in [0.3, 0.4) is 0 Å². The van der Waals surface area contributed by atoms with Gasteiger partial charge in [0.25, 0.3) is 5.91 Å². The van der Waals surface area contributed by atoms with E-state index < -0.39 is 0 Å². The van der Waals surface area contributed by atoms with Gasteiger partial charge in [-0.1, -0.05) is 65.1 Å². The van der Waals surface area contributed by atoms with Crippen LogP contribution in [-0.2, 0) is 6.42 Å². The van der Waals surface area contributed by atoms with Crippen molar-refractivity contribution in [1.82, 2.24) is 4.90 Å². The zero-order valence-electron chi connectivity index (χ0n) is 11.4. The van der Waals surface area contributed by atoms with Crippen LogP contribution < -0.4 is 0 Å². The summed E-state index contributed by atoms with van der Waals surface area (Å²) in [5, 5.41) is 0.742. The Morgan fingerprint density at radius 3 is 2.33 bits per heavy atom. The van der Waals surface area contributed by atoms with Crippen LogP contribution in [0, 0.1) is 0 Å². The quantitative estimate of drug-likeness (QED) is 0.719. The Hall–Kier alpha value is -1.22. The molecule has 0 heterocycles. The molecule has 0 N–H and O–H groups in total. The Balaban J connectivity index is 2.08. The molecule has 0 aliphatic rings. The van der Waals surface area contributed by atoms with Gasteiger partial charge in [0.05, 0.1) is 20.6 Å². The van der Waals surface area contributed by atoms with Crippen molar-refractivity contribution in [3.63, 3.8) is 0 Å². The highest BCUT2D eigenvalue weighted by Gasteiger charge is 2.18. The lowest BCUT2D eigenvalue weighted by molar-refractivity contribution is 0.0797. The van der Waals surface area contributed by atoms with Crippen LogP contribution in [0.25, 0.3) is 0 Å². The first-order valence-electron chi connectivity index (χ1n) is 6.43. The maximum Gasteiger partial charge on any atom is 0.255 e. The molecule has 5 heteroatoms. The molecular formula is C16H14Cl3NO. The Morgan fingerprint density at radius 2 is 1.67 bits per heavy atom. The largest absolute Gasteiger partial charge is 0.341 e. The molecule has 0 bridgehead atoms. The number of benzene rings is 2. The molecule has 0 aliphatic carbocycles. The van der Waals surface area contributed by atoms with Crippen molar-refractivity contribution in [2.24, 2.45) is 0 Å². The van der Waals surface area contributed by atoms with E-state index in [-0.39, 0.29) is 16.0 Å². The van der Waals surface area contributed by atoms with Crippen molar-refractivity contribution in [2.45, 2.75) is 6.42 Å². The maximum absolute atomic E-state index is 12.4. The van der Waals surface area contributed by atoms with Gasteiger partial charge in [-0.25, -0.2) is 0 Å². The lowest BCUT2D eigenvalue weighted by Crippen LogP contribution is -2.29. The topological polar surface area (TPSA) is 20.3 Å². The predicted molar refractivity (Wildman–Crippen MR) is 88.6 cm³/mol. The minimum atomic E-state index is -0.172. The number of halogens is 3. The number of carbonyl (C=O) groups excluding carboxylic acids is 1. The highest BCUT2D eigenvalue weighted by molar-refractivity contribution is 6.49. The van der Waals surface area contributed by atoms with Gasteiger partial charge in [0, 0.05) is 13.6 Å². The van der Waals surface area contributed by atoms with Crippen LogP contribution in [0.15, 0.2) is 42.5 Å². The lowest BCUT2D eigenvalue weighted by Gasteiger charge is -2.18. The summed E-state index contributed by atoms with van der Waals surface area (Å²) in [6, 6.07) is 13.2. The van der Waals surface area contributed by atoms with Crippen molar-refractivity contribution < 1.29 is 4.79 Å². The highest BCUT2D eigenvalue weighted by atomic mass is 35.5. The Morgan fingerprint density at radius 1 is 1.00 bits per heavy atom. The van der Waals surface area contributed by atoms with E-state index in [1.54, 1.807) is 24.1 Å². The summed E-state index contributed by atoms with van der Waals surface area (Å²) in [7, 11) is 1.74. The summed E-state index contributed by atoms with van der Waals surface area (Å²) in [5.74, 6) is -0.172. The van der Waals surface area contributed by atoms with E-state index in [2.05, 4.69) is 0 Å².